The van der Waals surface area contributed by atoms with Crippen LogP contribution < -0.4 is 5.32 Å². The zero-order valence-electron chi connectivity index (χ0n) is 7.63. The first-order valence-electron chi connectivity index (χ1n) is 4.01. The molecule has 0 aliphatic heterocycles. The Bertz CT molecular complexity index is 104. The molecule has 0 heterocycles. The minimum Gasteiger partial charge on any atom is -0.356 e. The van der Waals surface area contributed by atoms with Crippen molar-refractivity contribution >= 4 is 6.41 Å². The summed E-state index contributed by atoms with van der Waals surface area (Å²) >= 11 is 0. The fraction of sp³-hybridized carbons (Fsp3) is 0.875. The number of carbonyl (C=O) groups is 1. The van der Waals surface area contributed by atoms with Crippen LogP contribution in [0.4, 0.5) is 0 Å². The van der Waals surface area contributed by atoms with Gasteiger partial charge in [0.1, 0.15) is 0 Å². The molecule has 0 aromatic heterocycles. The lowest BCUT2D eigenvalue weighted by atomic mass is 10.2. The molecule has 0 saturated heterocycles. The number of carbonyl (C=O) groups excluding carboxylic acids is 1. The maximum atomic E-state index is 9.99. The molecule has 1 N–H and O–H groups in total. The predicted molar refractivity (Wildman–Crippen MR) is 46.4 cm³/mol. The van der Waals surface area contributed by atoms with E-state index in [-0.39, 0.29) is 0 Å². The SMILES string of the molecule is CC(CCCN(C)C)NC=O. The lowest BCUT2D eigenvalue weighted by Gasteiger charge is -2.12. The average Bonchev–Trinajstić information content (AvgIpc) is 1.87. The molecule has 0 bridgehead atoms. The van der Waals surface area contributed by atoms with Crippen LogP contribution in [0.25, 0.3) is 0 Å². The zero-order valence-corrected chi connectivity index (χ0v) is 7.63. The van der Waals surface area contributed by atoms with E-state index in [1.807, 2.05) is 6.92 Å². The van der Waals surface area contributed by atoms with Crippen molar-refractivity contribution in [3.8, 4) is 0 Å². The summed E-state index contributed by atoms with van der Waals surface area (Å²) in [6.07, 6.45) is 2.95. The van der Waals surface area contributed by atoms with Crippen LogP contribution in [0, 0.1) is 0 Å². The monoisotopic (exact) mass is 158 g/mol. The molecule has 1 unspecified atom stereocenters. The summed E-state index contributed by atoms with van der Waals surface area (Å²) in [6.45, 7) is 3.11. The van der Waals surface area contributed by atoms with Crippen molar-refractivity contribution in [3.05, 3.63) is 0 Å². The van der Waals surface area contributed by atoms with Gasteiger partial charge in [0.2, 0.25) is 6.41 Å². The van der Waals surface area contributed by atoms with E-state index in [1.165, 1.54) is 0 Å². The third-order valence-electron chi connectivity index (χ3n) is 1.60. The van der Waals surface area contributed by atoms with Gasteiger partial charge < -0.3 is 10.2 Å². The molecule has 3 heteroatoms. The highest BCUT2D eigenvalue weighted by Crippen LogP contribution is 1.95. The van der Waals surface area contributed by atoms with Crippen molar-refractivity contribution in [2.45, 2.75) is 25.8 Å². The second-order valence-electron chi connectivity index (χ2n) is 3.13. The molecule has 0 radical (unpaired) electrons. The van der Waals surface area contributed by atoms with E-state index in [0.717, 1.165) is 25.8 Å². The number of nitrogens with one attached hydrogen (secondary N) is 1. The Kier molecular flexibility index (Phi) is 5.84. The van der Waals surface area contributed by atoms with Gasteiger partial charge in [-0.25, -0.2) is 0 Å². The van der Waals surface area contributed by atoms with E-state index < -0.39 is 0 Å². The summed E-state index contributed by atoms with van der Waals surface area (Å²) in [5.41, 5.74) is 0. The Balaban J connectivity index is 3.16. The molecule has 0 spiro atoms. The topological polar surface area (TPSA) is 32.3 Å². The minimum atomic E-state index is 0.312. The molecule has 0 fully saturated rings. The minimum absolute atomic E-state index is 0.312. The number of rotatable bonds is 6. The summed E-state index contributed by atoms with van der Waals surface area (Å²) in [5.74, 6) is 0. The summed E-state index contributed by atoms with van der Waals surface area (Å²) < 4.78 is 0. The molecule has 3 nitrogen and oxygen atoms in total. The van der Waals surface area contributed by atoms with E-state index >= 15 is 0 Å². The summed E-state index contributed by atoms with van der Waals surface area (Å²) in [5, 5.41) is 2.72. The molecular weight excluding hydrogens is 140 g/mol. The highest BCUT2D eigenvalue weighted by molar-refractivity contribution is 5.46. The Morgan fingerprint density at radius 3 is 2.64 bits per heavy atom. The van der Waals surface area contributed by atoms with Crippen LogP contribution >= 0.6 is 0 Å². The van der Waals surface area contributed by atoms with Gasteiger partial charge in [-0.05, 0) is 40.4 Å². The van der Waals surface area contributed by atoms with Crippen LogP contribution in [0.1, 0.15) is 19.8 Å². The smallest absolute Gasteiger partial charge is 0.207 e. The van der Waals surface area contributed by atoms with Crippen LogP contribution in [0.3, 0.4) is 0 Å². The highest BCUT2D eigenvalue weighted by atomic mass is 16.1. The number of hydrogen-bond donors (Lipinski definition) is 1. The Hall–Kier alpha value is -0.570. The Labute approximate surface area is 68.8 Å². The van der Waals surface area contributed by atoms with Gasteiger partial charge in [0.25, 0.3) is 0 Å². The molecule has 0 rings (SSSR count). The van der Waals surface area contributed by atoms with Crippen molar-refractivity contribution < 1.29 is 4.79 Å². The Morgan fingerprint density at radius 1 is 1.55 bits per heavy atom. The average molecular weight is 158 g/mol. The normalized spacial score (nSPS) is 13.1. The van der Waals surface area contributed by atoms with E-state index in [4.69, 9.17) is 0 Å². The maximum Gasteiger partial charge on any atom is 0.207 e. The predicted octanol–water partition coefficient (Wildman–Crippen LogP) is 0.463. The molecule has 11 heavy (non-hydrogen) atoms. The van der Waals surface area contributed by atoms with E-state index in [0.29, 0.717) is 6.04 Å². The largest absolute Gasteiger partial charge is 0.356 e. The molecule has 0 saturated carbocycles. The van der Waals surface area contributed by atoms with Gasteiger partial charge in [-0.2, -0.15) is 0 Å². The van der Waals surface area contributed by atoms with E-state index in [9.17, 15) is 4.79 Å². The van der Waals surface area contributed by atoms with Gasteiger partial charge in [-0.1, -0.05) is 0 Å². The molecule has 0 aliphatic rings. The number of nitrogens with zero attached hydrogens (tertiary/aromatic N) is 1. The van der Waals surface area contributed by atoms with Crippen molar-refractivity contribution in [2.75, 3.05) is 20.6 Å². The highest BCUT2D eigenvalue weighted by Gasteiger charge is 1.98. The summed E-state index contributed by atoms with van der Waals surface area (Å²) in [6, 6.07) is 0.312. The third-order valence-corrected chi connectivity index (χ3v) is 1.60. The van der Waals surface area contributed by atoms with Crippen molar-refractivity contribution in [1.82, 2.24) is 10.2 Å². The van der Waals surface area contributed by atoms with Gasteiger partial charge >= 0.3 is 0 Å². The quantitative estimate of drug-likeness (QED) is 0.570. The van der Waals surface area contributed by atoms with Crippen LogP contribution in [0.15, 0.2) is 0 Å². The van der Waals surface area contributed by atoms with Crippen molar-refractivity contribution in [2.24, 2.45) is 0 Å². The third kappa shape index (κ3) is 7.33. The first-order chi connectivity index (χ1) is 5.16. The first kappa shape index (κ1) is 10.4. The summed E-state index contributed by atoms with van der Waals surface area (Å²) in [7, 11) is 4.11. The fourth-order valence-corrected chi connectivity index (χ4v) is 0.913. The van der Waals surface area contributed by atoms with Gasteiger partial charge in [0, 0.05) is 6.04 Å². The van der Waals surface area contributed by atoms with Crippen molar-refractivity contribution in [3.63, 3.8) is 0 Å². The van der Waals surface area contributed by atoms with E-state index in [2.05, 4.69) is 24.3 Å². The van der Waals surface area contributed by atoms with Gasteiger partial charge in [-0.3, -0.25) is 4.79 Å². The second-order valence-corrected chi connectivity index (χ2v) is 3.13. The zero-order chi connectivity index (χ0) is 8.69. The number of hydrogen-bond acceptors (Lipinski definition) is 2. The first-order valence-corrected chi connectivity index (χ1v) is 4.01. The van der Waals surface area contributed by atoms with Crippen molar-refractivity contribution in [1.29, 1.82) is 0 Å². The molecule has 0 aliphatic carbocycles. The van der Waals surface area contributed by atoms with Gasteiger partial charge in [0.15, 0.2) is 0 Å². The van der Waals surface area contributed by atoms with Gasteiger partial charge in [0.05, 0.1) is 0 Å². The van der Waals surface area contributed by atoms with Crippen LogP contribution in [0.2, 0.25) is 0 Å². The second kappa shape index (κ2) is 6.16. The molecule has 0 aromatic carbocycles. The van der Waals surface area contributed by atoms with Crippen LogP contribution in [-0.2, 0) is 4.79 Å². The van der Waals surface area contributed by atoms with Gasteiger partial charge in [-0.15, -0.1) is 0 Å². The maximum absolute atomic E-state index is 9.99. The molecule has 1 atom stereocenters. The van der Waals surface area contributed by atoms with E-state index in [1.54, 1.807) is 0 Å². The van der Waals surface area contributed by atoms with Crippen LogP contribution in [-0.4, -0.2) is 38.0 Å². The standard InChI is InChI=1S/C8H18N2O/c1-8(9-7-11)5-4-6-10(2)3/h7-8H,4-6H2,1-3H3,(H,9,11). The lowest BCUT2D eigenvalue weighted by Crippen LogP contribution is -2.25. The fourth-order valence-electron chi connectivity index (χ4n) is 0.913. The molecule has 0 aromatic rings. The van der Waals surface area contributed by atoms with Crippen LogP contribution in [0.5, 0.6) is 0 Å². The Morgan fingerprint density at radius 2 is 2.18 bits per heavy atom. The molecule has 1 amide bonds. The lowest BCUT2D eigenvalue weighted by molar-refractivity contribution is -0.110. The molecule has 66 valence electrons. The summed E-state index contributed by atoms with van der Waals surface area (Å²) in [4.78, 5) is 12.1. The molecular formula is C8H18N2O. The number of amides is 1.